The lowest BCUT2D eigenvalue weighted by atomic mass is 9.98. The number of hydrogen-bond donors (Lipinski definition) is 0. The molecule has 2 aliphatic rings. The number of carbonyl (C=O) groups excluding carboxylic acids is 2. The van der Waals surface area contributed by atoms with Crippen LogP contribution in [0.3, 0.4) is 0 Å². The predicted molar refractivity (Wildman–Crippen MR) is 106 cm³/mol. The molecule has 0 aliphatic carbocycles. The fourth-order valence-electron chi connectivity index (χ4n) is 3.63. The number of ether oxygens (including phenoxy) is 2. The molecule has 0 spiro atoms. The van der Waals surface area contributed by atoms with Gasteiger partial charge < -0.3 is 19.3 Å². The van der Waals surface area contributed by atoms with Crippen LogP contribution >= 0.6 is 0 Å². The number of nitro benzene ring substituents is 1. The molecule has 1 amide bonds. The normalized spacial score (nSPS) is 19.0. The lowest BCUT2D eigenvalue weighted by Crippen LogP contribution is -2.46. The Morgan fingerprint density at radius 2 is 1.86 bits per heavy atom. The molecule has 2 aliphatic heterocycles. The monoisotopic (exact) mass is 405 g/mol. The number of nitro groups is 1. The smallest absolute Gasteiger partial charge is 0.339 e. The lowest BCUT2D eigenvalue weighted by molar-refractivity contribution is -0.384. The first-order chi connectivity index (χ1) is 13.9. The maximum absolute atomic E-state index is 12.5. The Morgan fingerprint density at radius 1 is 1.21 bits per heavy atom. The van der Waals surface area contributed by atoms with Gasteiger partial charge in [0.25, 0.3) is 11.6 Å². The predicted octanol–water partition coefficient (Wildman–Crippen LogP) is 2.24. The quantitative estimate of drug-likeness (QED) is 0.420. The molecule has 0 aromatic heterocycles. The summed E-state index contributed by atoms with van der Waals surface area (Å²) < 4.78 is 10.5. The van der Waals surface area contributed by atoms with Gasteiger partial charge in [0, 0.05) is 32.2 Å². The highest BCUT2D eigenvalue weighted by Crippen LogP contribution is 2.32. The summed E-state index contributed by atoms with van der Waals surface area (Å²) in [5.74, 6) is -0.443. The molecule has 158 valence electrons. The van der Waals surface area contributed by atoms with Crippen LogP contribution in [0.15, 0.2) is 18.2 Å². The summed E-state index contributed by atoms with van der Waals surface area (Å²) in [6.07, 6.45) is 0.979. The summed E-state index contributed by atoms with van der Waals surface area (Å²) in [4.78, 5) is 39.6. The third-order valence-electron chi connectivity index (χ3n) is 5.49. The van der Waals surface area contributed by atoms with Crippen LogP contribution in [0.4, 0.5) is 11.4 Å². The van der Waals surface area contributed by atoms with Crippen LogP contribution in [0.1, 0.15) is 37.0 Å². The minimum Gasteiger partial charge on any atom is -0.449 e. The number of amides is 1. The first kappa shape index (κ1) is 21.0. The highest BCUT2D eigenvalue weighted by atomic mass is 16.6. The average molecular weight is 405 g/mol. The van der Waals surface area contributed by atoms with Gasteiger partial charge in [-0.25, -0.2) is 4.79 Å². The molecule has 0 radical (unpaired) electrons. The first-order valence-corrected chi connectivity index (χ1v) is 9.97. The molecular formula is C20H27N3O6. The fraction of sp³-hybridized carbons (Fsp3) is 0.600. The second kappa shape index (κ2) is 9.21. The minimum atomic E-state index is -0.970. The van der Waals surface area contributed by atoms with Crippen molar-refractivity contribution in [3.05, 3.63) is 33.9 Å². The van der Waals surface area contributed by atoms with E-state index in [-0.39, 0.29) is 17.2 Å². The van der Waals surface area contributed by atoms with Crippen molar-refractivity contribution in [2.45, 2.75) is 32.8 Å². The number of nitrogens with zero attached hydrogens (tertiary/aromatic N) is 3. The van der Waals surface area contributed by atoms with Crippen LogP contribution in [0.5, 0.6) is 0 Å². The van der Waals surface area contributed by atoms with E-state index in [1.54, 1.807) is 11.0 Å². The van der Waals surface area contributed by atoms with Crippen molar-refractivity contribution in [1.29, 1.82) is 0 Å². The zero-order valence-electron chi connectivity index (χ0n) is 16.8. The average Bonchev–Trinajstić information content (AvgIpc) is 2.73. The first-order valence-electron chi connectivity index (χ1n) is 9.97. The largest absolute Gasteiger partial charge is 0.449 e. The van der Waals surface area contributed by atoms with E-state index in [9.17, 15) is 19.7 Å². The molecule has 1 aromatic carbocycles. The number of piperidine rings is 1. The van der Waals surface area contributed by atoms with Gasteiger partial charge in [0.2, 0.25) is 0 Å². The van der Waals surface area contributed by atoms with Crippen molar-refractivity contribution >= 4 is 23.3 Å². The second-order valence-electron chi connectivity index (χ2n) is 7.62. The molecule has 2 fully saturated rings. The van der Waals surface area contributed by atoms with Crippen molar-refractivity contribution in [1.82, 2.24) is 4.90 Å². The van der Waals surface area contributed by atoms with Crippen LogP contribution in [-0.2, 0) is 14.3 Å². The summed E-state index contributed by atoms with van der Waals surface area (Å²) in [6, 6.07) is 4.36. The van der Waals surface area contributed by atoms with Crippen LogP contribution in [0, 0.1) is 16.0 Å². The van der Waals surface area contributed by atoms with Gasteiger partial charge in [-0.2, -0.15) is 0 Å². The Morgan fingerprint density at radius 3 is 2.48 bits per heavy atom. The number of esters is 1. The van der Waals surface area contributed by atoms with Gasteiger partial charge in [0.1, 0.15) is 5.69 Å². The van der Waals surface area contributed by atoms with Crippen molar-refractivity contribution in [2.24, 2.45) is 5.92 Å². The zero-order chi connectivity index (χ0) is 21.0. The number of benzene rings is 1. The van der Waals surface area contributed by atoms with Gasteiger partial charge >= 0.3 is 5.97 Å². The third-order valence-corrected chi connectivity index (χ3v) is 5.49. The Hall–Kier alpha value is -2.68. The van der Waals surface area contributed by atoms with Gasteiger partial charge in [-0.3, -0.25) is 14.9 Å². The van der Waals surface area contributed by atoms with Gasteiger partial charge in [0.15, 0.2) is 6.10 Å². The van der Waals surface area contributed by atoms with Gasteiger partial charge in [-0.05, 0) is 37.8 Å². The third kappa shape index (κ3) is 5.03. The van der Waals surface area contributed by atoms with Crippen molar-refractivity contribution in [3.8, 4) is 0 Å². The van der Waals surface area contributed by atoms with Crippen molar-refractivity contribution < 1.29 is 24.0 Å². The van der Waals surface area contributed by atoms with Crippen LogP contribution < -0.4 is 4.90 Å². The summed E-state index contributed by atoms with van der Waals surface area (Å²) >= 11 is 0. The van der Waals surface area contributed by atoms with Crippen molar-refractivity contribution in [3.63, 3.8) is 0 Å². The zero-order valence-corrected chi connectivity index (χ0v) is 16.8. The maximum atomic E-state index is 12.5. The van der Waals surface area contributed by atoms with Crippen LogP contribution in [-0.4, -0.2) is 67.2 Å². The second-order valence-corrected chi connectivity index (χ2v) is 7.62. The van der Waals surface area contributed by atoms with Crippen LogP contribution in [0.2, 0.25) is 0 Å². The molecule has 9 heteroatoms. The minimum absolute atomic E-state index is 0.0625. The van der Waals surface area contributed by atoms with E-state index in [1.165, 1.54) is 19.1 Å². The Labute approximate surface area is 169 Å². The van der Waals surface area contributed by atoms with Gasteiger partial charge in [-0.15, -0.1) is 0 Å². The Kier molecular flexibility index (Phi) is 6.68. The molecule has 1 aromatic rings. The summed E-state index contributed by atoms with van der Waals surface area (Å²) in [7, 11) is 0. The Balaban J connectivity index is 1.71. The summed E-state index contributed by atoms with van der Waals surface area (Å²) in [5.41, 5.74) is 0.449. The van der Waals surface area contributed by atoms with Gasteiger partial charge in [-0.1, -0.05) is 6.92 Å². The molecule has 9 nitrogen and oxygen atoms in total. The number of hydrogen-bond acceptors (Lipinski definition) is 7. The topological polar surface area (TPSA) is 102 Å². The molecule has 1 atom stereocenters. The number of morpholine rings is 1. The summed E-state index contributed by atoms with van der Waals surface area (Å²) in [6.45, 7) is 6.99. The molecule has 3 rings (SSSR count). The number of anilines is 1. The van der Waals surface area contributed by atoms with E-state index in [0.29, 0.717) is 37.9 Å². The van der Waals surface area contributed by atoms with E-state index in [0.717, 1.165) is 25.9 Å². The highest BCUT2D eigenvalue weighted by molar-refractivity contribution is 5.93. The van der Waals surface area contributed by atoms with E-state index in [4.69, 9.17) is 9.47 Å². The molecule has 2 heterocycles. The number of carbonyl (C=O) groups is 2. The van der Waals surface area contributed by atoms with Crippen molar-refractivity contribution in [2.75, 3.05) is 44.3 Å². The van der Waals surface area contributed by atoms with Crippen LogP contribution in [0.25, 0.3) is 0 Å². The molecule has 2 saturated heterocycles. The van der Waals surface area contributed by atoms with E-state index < -0.39 is 17.0 Å². The molecule has 0 bridgehead atoms. The number of rotatable bonds is 5. The fourth-order valence-corrected chi connectivity index (χ4v) is 3.63. The Bertz CT molecular complexity index is 769. The van der Waals surface area contributed by atoms with Gasteiger partial charge in [0.05, 0.1) is 23.7 Å². The molecule has 0 saturated carbocycles. The highest BCUT2D eigenvalue weighted by Gasteiger charge is 2.28. The standard InChI is InChI=1S/C20H27N3O6/c1-14-5-7-21(8-6-14)17-4-3-16(13-18(17)23(26)27)20(25)29-15(2)19(24)22-9-11-28-12-10-22/h3-4,13-15H,5-12H2,1-2H3. The molecular weight excluding hydrogens is 378 g/mol. The van der Waals surface area contributed by atoms with E-state index in [2.05, 4.69) is 6.92 Å². The summed E-state index contributed by atoms with van der Waals surface area (Å²) in [5, 5.41) is 11.6. The maximum Gasteiger partial charge on any atom is 0.339 e. The SMILES string of the molecule is CC1CCN(c2ccc(C(=O)OC(C)C(=O)N3CCOCC3)cc2[N+](=O)[O-])CC1. The van der Waals surface area contributed by atoms with E-state index in [1.807, 2.05) is 4.90 Å². The molecule has 1 unspecified atom stereocenters. The lowest BCUT2D eigenvalue weighted by Gasteiger charge is -2.31. The molecule has 29 heavy (non-hydrogen) atoms. The van der Waals surface area contributed by atoms with E-state index >= 15 is 0 Å². The molecule has 0 N–H and O–H groups in total.